The minimum atomic E-state index is 0.233. The number of benzene rings is 1. The monoisotopic (exact) mass is 382 g/mol. The van der Waals surface area contributed by atoms with Crippen LogP contribution in [0.5, 0.6) is 5.75 Å². The molecule has 2 aromatic heterocycles. The Labute approximate surface area is 163 Å². The predicted molar refractivity (Wildman–Crippen MR) is 106 cm³/mol. The summed E-state index contributed by atoms with van der Waals surface area (Å²) in [5.74, 6) is 2.68. The average Bonchev–Trinajstić information content (AvgIpc) is 3.44. The van der Waals surface area contributed by atoms with Crippen LogP contribution in [0.1, 0.15) is 37.4 Å². The summed E-state index contributed by atoms with van der Waals surface area (Å²) in [6, 6.07) is 6.04. The maximum atomic E-state index is 9.85. The number of hydrogen-bond donors (Lipinski definition) is 2. The van der Waals surface area contributed by atoms with Crippen molar-refractivity contribution in [2.45, 2.75) is 37.6 Å². The van der Waals surface area contributed by atoms with Crippen LogP contribution < -0.4 is 10.5 Å². The first-order valence-corrected chi connectivity index (χ1v) is 10.0. The van der Waals surface area contributed by atoms with E-state index in [1.54, 1.807) is 11.6 Å². The van der Waals surface area contributed by atoms with Crippen LogP contribution in [0, 0.1) is 5.92 Å². The highest BCUT2D eigenvalue weighted by atomic mass is 16.5. The van der Waals surface area contributed by atoms with E-state index in [1.165, 1.54) is 12.8 Å². The first-order chi connectivity index (χ1) is 13.7. The second-order valence-electron chi connectivity index (χ2n) is 7.95. The molecule has 0 spiro atoms. The molecule has 5 rings (SSSR count). The van der Waals surface area contributed by atoms with Crippen molar-refractivity contribution in [1.82, 2.24) is 24.5 Å². The summed E-state index contributed by atoms with van der Waals surface area (Å²) in [5, 5.41) is 15.4. The Morgan fingerprint density at radius 2 is 2.14 bits per heavy atom. The van der Waals surface area contributed by atoms with Gasteiger partial charge in [-0.05, 0) is 50.3 Å². The number of methoxy groups -OCH3 is 1. The summed E-state index contributed by atoms with van der Waals surface area (Å²) in [5.41, 5.74) is 7.60. The van der Waals surface area contributed by atoms with E-state index in [0.717, 1.165) is 42.8 Å². The molecule has 2 fully saturated rings. The molecule has 148 valence electrons. The first kappa shape index (κ1) is 17.6. The molecule has 3 N–H and O–H groups in total. The Morgan fingerprint density at radius 1 is 1.29 bits per heavy atom. The minimum absolute atomic E-state index is 0.233. The fourth-order valence-electron chi connectivity index (χ4n) is 4.54. The Balaban J connectivity index is 1.52. The van der Waals surface area contributed by atoms with Crippen LogP contribution in [0.4, 0.5) is 5.95 Å². The van der Waals surface area contributed by atoms with Gasteiger partial charge in [0.1, 0.15) is 11.3 Å². The number of piperidine rings is 1. The fraction of sp³-hybridized carbons (Fsp3) is 0.550. The summed E-state index contributed by atoms with van der Waals surface area (Å²) in [4.78, 5) is 11.8. The second kappa shape index (κ2) is 6.86. The van der Waals surface area contributed by atoms with Gasteiger partial charge in [0.2, 0.25) is 5.95 Å². The number of rotatable bonds is 5. The number of nitrogen functional groups attached to an aromatic ring is 1. The highest BCUT2D eigenvalue weighted by molar-refractivity contribution is 5.95. The maximum Gasteiger partial charge on any atom is 0.223 e. The smallest absolute Gasteiger partial charge is 0.223 e. The van der Waals surface area contributed by atoms with Crippen molar-refractivity contribution in [1.29, 1.82) is 0 Å². The topological polar surface area (TPSA) is 102 Å². The molecule has 3 aromatic rings. The van der Waals surface area contributed by atoms with E-state index in [9.17, 15) is 5.11 Å². The standard InChI is InChI=1S/C20H26N6O2/c1-28-16-6-2-5-14-17(16)22-20(21)26-19(14)23-18(24-26)13-4-3-9-25(10-13)15(11-27)12-7-8-12/h2,5-6,12-13,15,27H,3-4,7-11H2,1H3,(H2,21,22)/t13-,15?/m1/s1. The van der Waals surface area contributed by atoms with Gasteiger partial charge >= 0.3 is 0 Å². The number of fused-ring (bicyclic) bond motifs is 3. The average molecular weight is 382 g/mol. The van der Waals surface area contributed by atoms with Gasteiger partial charge in [0.25, 0.3) is 0 Å². The van der Waals surface area contributed by atoms with Crippen LogP contribution in [0.25, 0.3) is 16.6 Å². The molecule has 8 heteroatoms. The number of aliphatic hydroxyl groups is 1. The number of aliphatic hydroxyl groups excluding tert-OH is 1. The number of nitrogens with zero attached hydrogens (tertiary/aromatic N) is 5. The Bertz CT molecular complexity index is 1010. The van der Waals surface area contributed by atoms with Crippen LogP contribution in [0.2, 0.25) is 0 Å². The third-order valence-electron chi connectivity index (χ3n) is 6.17. The highest BCUT2D eigenvalue weighted by Gasteiger charge is 2.37. The van der Waals surface area contributed by atoms with Crippen molar-refractivity contribution in [2.24, 2.45) is 5.92 Å². The Morgan fingerprint density at radius 3 is 2.89 bits per heavy atom. The second-order valence-corrected chi connectivity index (χ2v) is 7.95. The van der Waals surface area contributed by atoms with Gasteiger partial charge < -0.3 is 15.6 Å². The van der Waals surface area contributed by atoms with Crippen molar-refractivity contribution in [3.8, 4) is 5.75 Å². The molecular formula is C20H26N6O2. The lowest BCUT2D eigenvalue weighted by Gasteiger charge is -2.36. The number of likely N-dealkylation sites (tertiary alicyclic amines) is 1. The third-order valence-corrected chi connectivity index (χ3v) is 6.17. The molecule has 1 aliphatic carbocycles. The van der Waals surface area contributed by atoms with E-state index < -0.39 is 0 Å². The van der Waals surface area contributed by atoms with Crippen molar-refractivity contribution in [3.05, 3.63) is 24.0 Å². The van der Waals surface area contributed by atoms with Crippen molar-refractivity contribution in [2.75, 3.05) is 32.5 Å². The van der Waals surface area contributed by atoms with Gasteiger partial charge in [0, 0.05) is 23.9 Å². The normalized spacial score (nSPS) is 22.0. The molecule has 0 amide bonds. The van der Waals surface area contributed by atoms with Gasteiger partial charge in [-0.3, -0.25) is 4.90 Å². The van der Waals surface area contributed by atoms with Crippen LogP contribution in [0.15, 0.2) is 18.2 Å². The third kappa shape index (κ3) is 2.87. The van der Waals surface area contributed by atoms with Crippen LogP contribution in [-0.4, -0.2) is 62.4 Å². The van der Waals surface area contributed by atoms with Gasteiger partial charge in [-0.1, -0.05) is 6.07 Å². The molecule has 1 saturated heterocycles. The summed E-state index contributed by atoms with van der Waals surface area (Å²) >= 11 is 0. The van der Waals surface area contributed by atoms with E-state index >= 15 is 0 Å². The fourth-order valence-corrected chi connectivity index (χ4v) is 4.54. The first-order valence-electron chi connectivity index (χ1n) is 10.0. The van der Waals surface area contributed by atoms with Gasteiger partial charge in [-0.2, -0.15) is 4.52 Å². The lowest BCUT2D eigenvalue weighted by Crippen LogP contribution is -2.45. The van der Waals surface area contributed by atoms with Gasteiger partial charge in [-0.25, -0.2) is 9.97 Å². The van der Waals surface area contributed by atoms with Crippen LogP contribution in [-0.2, 0) is 0 Å². The lowest BCUT2D eigenvalue weighted by molar-refractivity contribution is 0.0808. The number of para-hydroxylation sites is 1. The van der Waals surface area contributed by atoms with E-state index in [-0.39, 0.29) is 18.6 Å². The van der Waals surface area contributed by atoms with E-state index in [0.29, 0.717) is 23.1 Å². The highest BCUT2D eigenvalue weighted by Crippen LogP contribution is 2.38. The molecule has 2 aliphatic rings. The molecule has 28 heavy (non-hydrogen) atoms. The summed E-state index contributed by atoms with van der Waals surface area (Å²) in [7, 11) is 1.63. The Kier molecular flexibility index (Phi) is 4.32. The zero-order valence-electron chi connectivity index (χ0n) is 16.1. The summed E-state index contributed by atoms with van der Waals surface area (Å²) in [6.07, 6.45) is 4.60. The summed E-state index contributed by atoms with van der Waals surface area (Å²) < 4.78 is 7.07. The van der Waals surface area contributed by atoms with E-state index in [2.05, 4.69) is 9.88 Å². The SMILES string of the molecule is COc1cccc2c1nc(N)n1nc([C@@H]3CCCN(C(CO)C4CC4)C3)nc21. The number of hydrogen-bond acceptors (Lipinski definition) is 7. The number of nitrogens with two attached hydrogens (primary N) is 1. The molecule has 0 radical (unpaired) electrons. The molecule has 1 saturated carbocycles. The quantitative estimate of drug-likeness (QED) is 0.694. The number of aromatic nitrogens is 4. The van der Waals surface area contributed by atoms with Gasteiger partial charge in [0.05, 0.1) is 13.7 Å². The zero-order chi connectivity index (χ0) is 19.3. The largest absolute Gasteiger partial charge is 0.494 e. The van der Waals surface area contributed by atoms with Crippen LogP contribution >= 0.6 is 0 Å². The number of ether oxygens (including phenoxy) is 1. The van der Waals surface area contributed by atoms with Gasteiger partial charge in [0.15, 0.2) is 11.5 Å². The Hall–Kier alpha value is -2.45. The van der Waals surface area contributed by atoms with Crippen molar-refractivity contribution < 1.29 is 9.84 Å². The molecule has 8 nitrogen and oxygen atoms in total. The van der Waals surface area contributed by atoms with Crippen molar-refractivity contribution in [3.63, 3.8) is 0 Å². The molecule has 2 atom stereocenters. The lowest BCUT2D eigenvalue weighted by atomic mass is 9.95. The van der Waals surface area contributed by atoms with E-state index in [1.807, 2.05) is 18.2 Å². The summed E-state index contributed by atoms with van der Waals surface area (Å²) in [6.45, 7) is 2.15. The molecule has 1 aromatic carbocycles. The maximum absolute atomic E-state index is 9.85. The molecule has 3 heterocycles. The van der Waals surface area contributed by atoms with Crippen LogP contribution in [0.3, 0.4) is 0 Å². The molecule has 1 unspecified atom stereocenters. The van der Waals surface area contributed by atoms with Crippen molar-refractivity contribution >= 4 is 22.5 Å². The molecule has 1 aliphatic heterocycles. The molecular weight excluding hydrogens is 356 g/mol. The minimum Gasteiger partial charge on any atom is -0.494 e. The predicted octanol–water partition coefficient (Wildman–Crippen LogP) is 1.82. The molecule has 0 bridgehead atoms. The number of anilines is 1. The zero-order valence-corrected chi connectivity index (χ0v) is 16.1. The van der Waals surface area contributed by atoms with Gasteiger partial charge in [-0.15, -0.1) is 5.10 Å². The van der Waals surface area contributed by atoms with E-state index in [4.69, 9.17) is 20.6 Å².